The number of amides is 1. The number of rotatable bonds is 3. The van der Waals surface area contributed by atoms with Crippen LogP contribution in [0.1, 0.15) is 49.4 Å². The number of aryl methyl sites for hydroxylation is 1. The van der Waals surface area contributed by atoms with Gasteiger partial charge in [-0.1, -0.05) is 31.1 Å². The van der Waals surface area contributed by atoms with Gasteiger partial charge in [-0.05, 0) is 23.6 Å². The molecule has 0 radical (unpaired) electrons. The first kappa shape index (κ1) is 13.8. The molecule has 0 bridgehead atoms. The van der Waals surface area contributed by atoms with E-state index >= 15 is 0 Å². The van der Waals surface area contributed by atoms with Crippen LogP contribution in [0, 0.1) is 6.92 Å². The Morgan fingerprint density at radius 2 is 2.00 bits per heavy atom. The monoisotopic (exact) mass is 285 g/mol. The van der Waals surface area contributed by atoms with Crippen LogP contribution in [0.2, 0.25) is 0 Å². The van der Waals surface area contributed by atoms with Gasteiger partial charge in [0, 0.05) is 31.5 Å². The van der Waals surface area contributed by atoms with E-state index in [2.05, 4.69) is 36.1 Å². The first-order valence-electron chi connectivity index (χ1n) is 7.25. The van der Waals surface area contributed by atoms with Crippen LogP contribution in [-0.4, -0.2) is 22.6 Å². The topological polar surface area (TPSA) is 59.2 Å². The van der Waals surface area contributed by atoms with Crippen molar-refractivity contribution in [1.29, 1.82) is 0 Å². The van der Waals surface area contributed by atoms with Gasteiger partial charge in [-0.3, -0.25) is 4.79 Å². The number of benzene rings is 1. The summed E-state index contributed by atoms with van der Waals surface area (Å²) < 4.78 is 5.00. The number of carbonyl (C=O) groups excluding carboxylic acids is 1. The SMILES string of the molecule is Cc1nc(C2CC(=O)N(c3ccc(C(C)C)cc3)C2)no1. The fourth-order valence-corrected chi connectivity index (χ4v) is 2.65. The Labute approximate surface area is 124 Å². The molecule has 3 rings (SSSR count). The molecule has 2 aromatic rings. The van der Waals surface area contributed by atoms with Gasteiger partial charge < -0.3 is 9.42 Å². The van der Waals surface area contributed by atoms with E-state index in [4.69, 9.17) is 4.52 Å². The molecule has 1 aromatic heterocycles. The van der Waals surface area contributed by atoms with E-state index < -0.39 is 0 Å². The number of hydrogen-bond acceptors (Lipinski definition) is 4. The summed E-state index contributed by atoms with van der Waals surface area (Å²) in [5.74, 6) is 1.78. The largest absolute Gasteiger partial charge is 0.340 e. The molecule has 1 aromatic carbocycles. The number of nitrogens with zero attached hydrogens (tertiary/aromatic N) is 3. The van der Waals surface area contributed by atoms with E-state index in [1.165, 1.54) is 5.56 Å². The van der Waals surface area contributed by atoms with E-state index in [9.17, 15) is 4.79 Å². The summed E-state index contributed by atoms with van der Waals surface area (Å²) in [5.41, 5.74) is 2.21. The van der Waals surface area contributed by atoms with E-state index in [0.29, 0.717) is 30.6 Å². The van der Waals surface area contributed by atoms with Crippen molar-refractivity contribution in [3.63, 3.8) is 0 Å². The van der Waals surface area contributed by atoms with Gasteiger partial charge >= 0.3 is 0 Å². The quantitative estimate of drug-likeness (QED) is 0.869. The summed E-state index contributed by atoms with van der Waals surface area (Å²) in [7, 11) is 0. The molecule has 110 valence electrons. The molecule has 0 saturated carbocycles. The molecule has 21 heavy (non-hydrogen) atoms. The van der Waals surface area contributed by atoms with Crippen molar-refractivity contribution in [2.75, 3.05) is 11.4 Å². The Balaban J connectivity index is 1.78. The van der Waals surface area contributed by atoms with Crippen molar-refractivity contribution < 1.29 is 9.32 Å². The third-order valence-corrected chi connectivity index (χ3v) is 3.90. The Morgan fingerprint density at radius 3 is 2.57 bits per heavy atom. The van der Waals surface area contributed by atoms with Gasteiger partial charge in [-0.15, -0.1) is 0 Å². The van der Waals surface area contributed by atoms with Crippen molar-refractivity contribution in [3.8, 4) is 0 Å². The number of aromatic nitrogens is 2. The van der Waals surface area contributed by atoms with Crippen LogP contribution in [0.25, 0.3) is 0 Å². The third kappa shape index (κ3) is 2.68. The maximum atomic E-state index is 12.2. The Hall–Kier alpha value is -2.17. The van der Waals surface area contributed by atoms with Crippen LogP contribution < -0.4 is 4.90 Å². The van der Waals surface area contributed by atoms with Crippen LogP contribution in [-0.2, 0) is 4.79 Å². The van der Waals surface area contributed by atoms with Gasteiger partial charge in [-0.2, -0.15) is 4.98 Å². The fourth-order valence-electron chi connectivity index (χ4n) is 2.65. The first-order chi connectivity index (χ1) is 10.0. The molecule has 1 amide bonds. The molecular formula is C16H19N3O2. The van der Waals surface area contributed by atoms with E-state index in [1.807, 2.05) is 12.1 Å². The predicted octanol–water partition coefficient (Wildman–Crippen LogP) is 3.02. The minimum absolute atomic E-state index is 0.0136. The second-order valence-corrected chi connectivity index (χ2v) is 5.82. The van der Waals surface area contributed by atoms with Gasteiger partial charge in [0.1, 0.15) is 0 Å². The summed E-state index contributed by atoms with van der Waals surface area (Å²) in [6.45, 7) is 6.68. The molecule has 0 spiro atoms. The highest BCUT2D eigenvalue weighted by atomic mass is 16.5. The van der Waals surface area contributed by atoms with Crippen molar-refractivity contribution in [2.45, 2.75) is 39.0 Å². The van der Waals surface area contributed by atoms with Crippen molar-refractivity contribution in [3.05, 3.63) is 41.5 Å². The maximum absolute atomic E-state index is 12.2. The van der Waals surface area contributed by atoms with Crippen LogP contribution in [0.5, 0.6) is 0 Å². The van der Waals surface area contributed by atoms with Gasteiger partial charge in [0.2, 0.25) is 11.8 Å². The zero-order chi connectivity index (χ0) is 15.0. The van der Waals surface area contributed by atoms with Gasteiger partial charge in [-0.25, -0.2) is 0 Å². The standard InChI is InChI=1S/C16H19N3O2/c1-10(2)12-4-6-14(7-5-12)19-9-13(8-15(19)20)16-17-11(3)21-18-16/h4-7,10,13H,8-9H2,1-3H3. The predicted molar refractivity (Wildman–Crippen MR) is 79.3 cm³/mol. The fraction of sp³-hybridized carbons (Fsp3) is 0.438. The molecule has 1 fully saturated rings. The lowest BCUT2D eigenvalue weighted by atomic mass is 10.0. The molecule has 5 nitrogen and oxygen atoms in total. The third-order valence-electron chi connectivity index (χ3n) is 3.90. The van der Waals surface area contributed by atoms with Gasteiger partial charge in [0.05, 0.1) is 0 Å². The maximum Gasteiger partial charge on any atom is 0.227 e. The summed E-state index contributed by atoms with van der Waals surface area (Å²) in [6, 6.07) is 8.19. The molecule has 1 aliphatic heterocycles. The van der Waals surface area contributed by atoms with E-state index in [-0.39, 0.29) is 11.8 Å². The second kappa shape index (κ2) is 5.31. The summed E-state index contributed by atoms with van der Waals surface area (Å²) in [4.78, 5) is 18.3. The van der Waals surface area contributed by atoms with E-state index in [1.54, 1.807) is 11.8 Å². The van der Waals surface area contributed by atoms with Gasteiger partial charge in [0.25, 0.3) is 0 Å². The Morgan fingerprint density at radius 1 is 1.29 bits per heavy atom. The highest BCUT2D eigenvalue weighted by Crippen LogP contribution is 2.31. The van der Waals surface area contributed by atoms with Crippen LogP contribution >= 0.6 is 0 Å². The average molecular weight is 285 g/mol. The molecule has 5 heteroatoms. The molecule has 0 aliphatic carbocycles. The Kier molecular flexibility index (Phi) is 3.49. The lowest BCUT2D eigenvalue weighted by molar-refractivity contribution is -0.117. The molecular weight excluding hydrogens is 266 g/mol. The molecule has 1 atom stereocenters. The number of carbonyl (C=O) groups is 1. The van der Waals surface area contributed by atoms with Crippen LogP contribution in [0.4, 0.5) is 5.69 Å². The average Bonchev–Trinajstić information content (AvgIpc) is 3.05. The van der Waals surface area contributed by atoms with Crippen molar-refractivity contribution in [2.24, 2.45) is 0 Å². The van der Waals surface area contributed by atoms with E-state index in [0.717, 1.165) is 5.69 Å². The molecule has 2 heterocycles. The van der Waals surface area contributed by atoms with Gasteiger partial charge in [0.15, 0.2) is 5.82 Å². The minimum atomic E-state index is 0.0136. The molecule has 0 N–H and O–H groups in total. The molecule has 1 unspecified atom stereocenters. The number of hydrogen-bond donors (Lipinski definition) is 0. The van der Waals surface area contributed by atoms with Crippen LogP contribution in [0.15, 0.2) is 28.8 Å². The van der Waals surface area contributed by atoms with Crippen molar-refractivity contribution >= 4 is 11.6 Å². The smallest absolute Gasteiger partial charge is 0.227 e. The molecule has 1 aliphatic rings. The normalized spacial score (nSPS) is 18.8. The molecule has 1 saturated heterocycles. The summed E-state index contributed by atoms with van der Waals surface area (Å²) >= 11 is 0. The zero-order valence-electron chi connectivity index (χ0n) is 12.5. The van der Waals surface area contributed by atoms with Crippen molar-refractivity contribution in [1.82, 2.24) is 10.1 Å². The lowest BCUT2D eigenvalue weighted by Gasteiger charge is -2.17. The lowest BCUT2D eigenvalue weighted by Crippen LogP contribution is -2.24. The first-order valence-corrected chi connectivity index (χ1v) is 7.25. The summed E-state index contributed by atoms with van der Waals surface area (Å²) in [6.07, 6.45) is 0.435. The Bertz CT molecular complexity index is 646. The summed E-state index contributed by atoms with van der Waals surface area (Å²) in [5, 5.41) is 3.93. The zero-order valence-corrected chi connectivity index (χ0v) is 12.5. The minimum Gasteiger partial charge on any atom is -0.340 e. The second-order valence-electron chi connectivity index (χ2n) is 5.82. The highest BCUT2D eigenvalue weighted by molar-refractivity contribution is 5.96. The van der Waals surface area contributed by atoms with Crippen LogP contribution in [0.3, 0.4) is 0 Å². The highest BCUT2D eigenvalue weighted by Gasteiger charge is 2.34. The number of anilines is 1.